The van der Waals surface area contributed by atoms with Crippen molar-refractivity contribution in [2.45, 2.75) is 75.8 Å². The highest BCUT2D eigenvalue weighted by Gasteiger charge is 2.58. The lowest BCUT2D eigenvalue weighted by Gasteiger charge is -2.54. The van der Waals surface area contributed by atoms with Gasteiger partial charge < -0.3 is 29.0 Å². The van der Waals surface area contributed by atoms with Crippen LogP contribution in [0, 0.1) is 0 Å². The van der Waals surface area contributed by atoms with Gasteiger partial charge in [0.25, 0.3) is 0 Å². The van der Waals surface area contributed by atoms with Crippen LogP contribution in [0.2, 0.25) is 0 Å². The first-order valence-corrected chi connectivity index (χ1v) is 15.8. The molecule has 7 heteroatoms. The molecule has 2 aliphatic rings. The number of carbonyl (C=O) groups is 1. The van der Waals surface area contributed by atoms with Crippen molar-refractivity contribution >= 4 is 5.91 Å². The average molecular weight is 608 g/mol. The summed E-state index contributed by atoms with van der Waals surface area (Å²) >= 11 is 0. The Morgan fingerprint density at radius 3 is 1.60 bits per heavy atom. The fraction of sp³-hybridized carbons (Fsp3) is 0.342. The lowest BCUT2D eigenvalue weighted by molar-refractivity contribution is -0.318. The molecule has 2 saturated heterocycles. The fourth-order valence-corrected chi connectivity index (χ4v) is 6.13. The zero-order chi connectivity index (χ0) is 30.7. The molecule has 0 aliphatic carbocycles. The largest absolute Gasteiger partial charge is 0.374 e. The minimum Gasteiger partial charge on any atom is -0.374 e. The number of hydrogen-bond acceptors (Lipinski definition) is 6. The van der Waals surface area contributed by atoms with Crippen molar-refractivity contribution in [1.82, 2.24) is 5.32 Å². The number of rotatable bonds is 13. The summed E-state index contributed by atoms with van der Waals surface area (Å²) in [7, 11) is 0. The molecule has 1 N–H and O–H groups in total. The Balaban J connectivity index is 1.33. The van der Waals surface area contributed by atoms with Crippen LogP contribution in [0.3, 0.4) is 0 Å². The monoisotopic (exact) mass is 607 g/mol. The second-order valence-corrected chi connectivity index (χ2v) is 11.7. The van der Waals surface area contributed by atoms with Crippen LogP contribution in [0.1, 0.15) is 41.5 Å². The van der Waals surface area contributed by atoms with Gasteiger partial charge in [0.15, 0.2) is 5.72 Å². The maximum absolute atomic E-state index is 13.0. The van der Waals surface area contributed by atoms with Crippen LogP contribution in [-0.4, -0.2) is 42.7 Å². The van der Waals surface area contributed by atoms with E-state index in [-0.39, 0.29) is 12.5 Å². The standard InChI is InChI=1S/C38H41NO6/c40-34-22-13-23-38(39-34)37(44-27-32-20-11-4-12-21-32)36(43-26-31-18-9-3-10-19-31)35(42-25-30-16-7-2-8-17-30)33(45-38)28-41-24-29-14-5-1-6-15-29/h1-12,14-21,33,35-37H,13,22-28H2,(H,39,40)/t33-,35+,36+,37-,38+/m1/s1. The fourth-order valence-electron chi connectivity index (χ4n) is 6.13. The van der Waals surface area contributed by atoms with Gasteiger partial charge in [-0.2, -0.15) is 0 Å². The molecule has 5 atom stereocenters. The molecular weight excluding hydrogens is 566 g/mol. The first-order chi connectivity index (χ1) is 22.2. The smallest absolute Gasteiger partial charge is 0.222 e. The van der Waals surface area contributed by atoms with Crippen molar-refractivity contribution in [2.75, 3.05) is 6.61 Å². The van der Waals surface area contributed by atoms with E-state index in [1.54, 1.807) is 0 Å². The zero-order valence-electron chi connectivity index (χ0n) is 25.5. The van der Waals surface area contributed by atoms with Crippen LogP contribution in [0.4, 0.5) is 0 Å². The van der Waals surface area contributed by atoms with Gasteiger partial charge in [-0.3, -0.25) is 4.79 Å². The van der Waals surface area contributed by atoms with Gasteiger partial charge in [0.1, 0.15) is 24.4 Å². The molecule has 0 unspecified atom stereocenters. The van der Waals surface area contributed by atoms with Gasteiger partial charge in [0.05, 0.1) is 33.0 Å². The van der Waals surface area contributed by atoms with Crippen LogP contribution in [-0.2, 0) is 54.9 Å². The van der Waals surface area contributed by atoms with Crippen molar-refractivity contribution in [2.24, 2.45) is 0 Å². The maximum atomic E-state index is 13.0. The van der Waals surface area contributed by atoms with Gasteiger partial charge in [-0.05, 0) is 35.1 Å². The van der Waals surface area contributed by atoms with Crippen LogP contribution >= 0.6 is 0 Å². The summed E-state index contributed by atoms with van der Waals surface area (Å²) in [6.45, 7) is 1.72. The Kier molecular flexibility index (Phi) is 10.7. The molecule has 234 valence electrons. The molecule has 6 rings (SSSR count). The number of piperidine rings is 1. The molecule has 2 heterocycles. The minimum absolute atomic E-state index is 0.0658. The van der Waals surface area contributed by atoms with E-state index in [9.17, 15) is 4.79 Å². The molecule has 1 spiro atoms. The van der Waals surface area contributed by atoms with E-state index >= 15 is 0 Å². The average Bonchev–Trinajstić information content (AvgIpc) is 3.08. The topological polar surface area (TPSA) is 75.3 Å². The number of nitrogens with one attached hydrogen (secondary N) is 1. The lowest BCUT2D eigenvalue weighted by Crippen LogP contribution is -2.73. The zero-order valence-corrected chi connectivity index (χ0v) is 25.5. The van der Waals surface area contributed by atoms with E-state index < -0.39 is 30.1 Å². The number of hydrogen-bond donors (Lipinski definition) is 1. The summed E-state index contributed by atoms with van der Waals surface area (Å²) in [6, 6.07) is 40.2. The molecule has 4 aromatic rings. The molecule has 4 aromatic carbocycles. The van der Waals surface area contributed by atoms with E-state index in [1.165, 1.54) is 0 Å². The van der Waals surface area contributed by atoms with Gasteiger partial charge in [-0.1, -0.05) is 121 Å². The Hall–Kier alpha value is -3.85. The summed E-state index contributed by atoms with van der Waals surface area (Å²) in [5.74, 6) is -0.0658. The van der Waals surface area contributed by atoms with E-state index in [4.69, 9.17) is 23.7 Å². The number of benzene rings is 4. The molecule has 0 aromatic heterocycles. The quantitative estimate of drug-likeness (QED) is 0.191. The van der Waals surface area contributed by atoms with Gasteiger partial charge in [0, 0.05) is 6.42 Å². The van der Waals surface area contributed by atoms with Crippen LogP contribution in [0.5, 0.6) is 0 Å². The highest BCUT2D eigenvalue weighted by atomic mass is 16.6. The SMILES string of the molecule is O=C1CCC[C@]2(N1)O[C@H](COCc1ccccc1)[C@H](OCc1ccccc1)[C@H](OCc1ccccc1)[C@H]2OCc1ccccc1. The second kappa shape index (κ2) is 15.4. The van der Waals surface area contributed by atoms with E-state index in [1.807, 2.05) is 121 Å². The Labute approximate surface area is 265 Å². The molecule has 0 bridgehead atoms. The normalized spacial score (nSPS) is 24.8. The second-order valence-electron chi connectivity index (χ2n) is 11.7. The number of ether oxygens (including phenoxy) is 5. The summed E-state index contributed by atoms with van der Waals surface area (Å²) < 4.78 is 33.4. The summed E-state index contributed by atoms with van der Waals surface area (Å²) in [5.41, 5.74) is 3.06. The maximum Gasteiger partial charge on any atom is 0.222 e. The summed E-state index contributed by atoms with van der Waals surface area (Å²) in [6.07, 6.45) is -0.593. The Bertz CT molecular complexity index is 1460. The number of carbonyl (C=O) groups excluding carboxylic acids is 1. The molecule has 2 aliphatic heterocycles. The molecule has 0 saturated carbocycles. The highest BCUT2D eigenvalue weighted by Crippen LogP contribution is 2.40. The van der Waals surface area contributed by atoms with Crippen LogP contribution in [0.15, 0.2) is 121 Å². The number of amides is 1. The molecular formula is C38H41NO6. The first kappa shape index (κ1) is 31.1. The molecule has 1 amide bonds. The minimum atomic E-state index is -1.10. The van der Waals surface area contributed by atoms with E-state index in [2.05, 4.69) is 5.32 Å². The molecule has 7 nitrogen and oxygen atoms in total. The van der Waals surface area contributed by atoms with E-state index in [0.29, 0.717) is 45.7 Å². The third kappa shape index (κ3) is 8.25. The predicted octanol–water partition coefficient (Wildman–Crippen LogP) is 6.35. The summed E-state index contributed by atoms with van der Waals surface area (Å²) in [5, 5.41) is 3.20. The Morgan fingerprint density at radius 2 is 1.09 bits per heavy atom. The van der Waals surface area contributed by atoms with Crippen molar-refractivity contribution in [3.8, 4) is 0 Å². The van der Waals surface area contributed by atoms with Crippen molar-refractivity contribution in [3.63, 3.8) is 0 Å². The van der Waals surface area contributed by atoms with E-state index in [0.717, 1.165) is 22.3 Å². The van der Waals surface area contributed by atoms with Crippen LogP contribution in [0.25, 0.3) is 0 Å². The van der Waals surface area contributed by atoms with Gasteiger partial charge >= 0.3 is 0 Å². The van der Waals surface area contributed by atoms with Gasteiger partial charge in [0.2, 0.25) is 5.91 Å². The van der Waals surface area contributed by atoms with Crippen molar-refractivity contribution in [1.29, 1.82) is 0 Å². The molecule has 0 radical (unpaired) electrons. The van der Waals surface area contributed by atoms with Gasteiger partial charge in [-0.15, -0.1) is 0 Å². The Morgan fingerprint density at radius 1 is 0.622 bits per heavy atom. The molecule has 45 heavy (non-hydrogen) atoms. The first-order valence-electron chi connectivity index (χ1n) is 15.8. The van der Waals surface area contributed by atoms with Crippen LogP contribution < -0.4 is 5.32 Å². The molecule has 2 fully saturated rings. The van der Waals surface area contributed by atoms with Crippen molar-refractivity contribution in [3.05, 3.63) is 144 Å². The highest BCUT2D eigenvalue weighted by molar-refractivity contribution is 5.77. The van der Waals surface area contributed by atoms with Crippen molar-refractivity contribution < 1.29 is 28.5 Å². The van der Waals surface area contributed by atoms with Gasteiger partial charge in [-0.25, -0.2) is 0 Å². The summed E-state index contributed by atoms with van der Waals surface area (Å²) in [4.78, 5) is 13.0. The third-order valence-corrected chi connectivity index (χ3v) is 8.35. The predicted molar refractivity (Wildman–Crippen MR) is 171 cm³/mol. The lowest BCUT2D eigenvalue weighted by atomic mass is 9.84. The third-order valence-electron chi connectivity index (χ3n) is 8.35.